The quantitative estimate of drug-likeness (QED) is 0.666. The van der Waals surface area contributed by atoms with Crippen LogP contribution in [0, 0.1) is 12.7 Å². The van der Waals surface area contributed by atoms with Crippen LogP contribution in [-0.4, -0.2) is 44.9 Å². The molecule has 0 spiro atoms. The Hall–Kier alpha value is -3.03. The Morgan fingerprint density at radius 2 is 1.87 bits per heavy atom. The van der Waals surface area contributed by atoms with Crippen molar-refractivity contribution >= 4 is 11.9 Å². The maximum Gasteiger partial charge on any atom is 0.340 e. The smallest absolute Gasteiger partial charge is 0.340 e. The standard InChI is InChI=1S/C22H26FNO6/c1-11-9-13-14(10-16(27-3)21(29-5)19(13)23)20-18(22(26)30-6)12(2)15(24(11)20)7-8-17(25)28-4/h10-11H,7-9H2,1-6H3. The molecule has 2 aromatic rings. The first-order valence-electron chi connectivity index (χ1n) is 9.63. The average molecular weight is 419 g/mol. The van der Waals surface area contributed by atoms with Crippen LogP contribution in [0.1, 0.15) is 46.6 Å². The van der Waals surface area contributed by atoms with E-state index in [0.29, 0.717) is 40.8 Å². The van der Waals surface area contributed by atoms with Gasteiger partial charge in [0.25, 0.3) is 0 Å². The maximum absolute atomic E-state index is 15.3. The summed E-state index contributed by atoms with van der Waals surface area (Å²) < 4.78 is 37.6. The lowest BCUT2D eigenvalue weighted by Gasteiger charge is -2.29. The van der Waals surface area contributed by atoms with E-state index in [0.717, 1.165) is 5.69 Å². The van der Waals surface area contributed by atoms with Crippen LogP contribution in [0.15, 0.2) is 6.07 Å². The highest BCUT2D eigenvalue weighted by Crippen LogP contribution is 2.47. The fourth-order valence-electron chi connectivity index (χ4n) is 4.28. The first-order chi connectivity index (χ1) is 14.3. The SMILES string of the molecule is COC(=O)CCc1c(C)c(C(=O)OC)c2n1C(C)Cc1c-2cc(OC)c(OC)c1F. The lowest BCUT2D eigenvalue weighted by Crippen LogP contribution is -2.21. The predicted molar refractivity (Wildman–Crippen MR) is 108 cm³/mol. The molecule has 0 aliphatic carbocycles. The summed E-state index contributed by atoms with van der Waals surface area (Å²) in [6.45, 7) is 3.76. The van der Waals surface area contributed by atoms with Crippen molar-refractivity contribution in [3.8, 4) is 22.8 Å². The van der Waals surface area contributed by atoms with Gasteiger partial charge >= 0.3 is 11.9 Å². The van der Waals surface area contributed by atoms with Gasteiger partial charge in [0.1, 0.15) is 0 Å². The van der Waals surface area contributed by atoms with Gasteiger partial charge in [0.05, 0.1) is 46.1 Å². The highest BCUT2D eigenvalue weighted by molar-refractivity contribution is 6.00. The van der Waals surface area contributed by atoms with Gasteiger partial charge in [-0.05, 0) is 38.3 Å². The number of aromatic nitrogens is 1. The van der Waals surface area contributed by atoms with Crippen LogP contribution in [0.3, 0.4) is 0 Å². The zero-order valence-electron chi connectivity index (χ0n) is 18.1. The summed E-state index contributed by atoms with van der Waals surface area (Å²) in [4.78, 5) is 24.5. The van der Waals surface area contributed by atoms with E-state index in [1.54, 1.807) is 6.07 Å². The third kappa shape index (κ3) is 3.30. The molecular formula is C22H26FNO6. The van der Waals surface area contributed by atoms with E-state index < -0.39 is 11.8 Å². The van der Waals surface area contributed by atoms with E-state index in [1.165, 1.54) is 28.4 Å². The van der Waals surface area contributed by atoms with Crippen LogP contribution in [0.25, 0.3) is 11.3 Å². The Morgan fingerprint density at radius 1 is 1.17 bits per heavy atom. The van der Waals surface area contributed by atoms with Crippen molar-refractivity contribution in [2.45, 2.75) is 39.2 Å². The number of carbonyl (C=O) groups excluding carboxylic acids is 2. The van der Waals surface area contributed by atoms with Crippen molar-refractivity contribution < 1.29 is 32.9 Å². The summed E-state index contributed by atoms with van der Waals surface area (Å²) in [6.07, 6.45) is 0.952. The molecule has 1 aromatic carbocycles. The first-order valence-corrected chi connectivity index (χ1v) is 9.63. The molecule has 30 heavy (non-hydrogen) atoms. The summed E-state index contributed by atoms with van der Waals surface area (Å²) in [5, 5.41) is 0. The summed E-state index contributed by atoms with van der Waals surface area (Å²) in [5.41, 5.74) is 3.45. The number of fused-ring (bicyclic) bond motifs is 3. The molecule has 0 fully saturated rings. The van der Waals surface area contributed by atoms with Crippen molar-refractivity contribution in [1.29, 1.82) is 0 Å². The Morgan fingerprint density at radius 3 is 2.43 bits per heavy atom. The molecule has 1 unspecified atom stereocenters. The highest BCUT2D eigenvalue weighted by atomic mass is 19.1. The second kappa shape index (κ2) is 8.38. The molecule has 0 radical (unpaired) electrons. The number of benzene rings is 1. The van der Waals surface area contributed by atoms with Gasteiger partial charge in [0.2, 0.25) is 0 Å². The third-order valence-electron chi connectivity index (χ3n) is 5.67. The average Bonchev–Trinajstić information content (AvgIpc) is 3.04. The molecule has 0 N–H and O–H groups in total. The summed E-state index contributed by atoms with van der Waals surface area (Å²) in [6, 6.07) is 1.54. The zero-order valence-corrected chi connectivity index (χ0v) is 18.1. The molecule has 1 aromatic heterocycles. The van der Waals surface area contributed by atoms with Gasteiger partial charge in [-0.2, -0.15) is 0 Å². The van der Waals surface area contributed by atoms with Crippen molar-refractivity contribution in [2.75, 3.05) is 28.4 Å². The Balaban J connectivity index is 2.33. The molecule has 8 heteroatoms. The third-order valence-corrected chi connectivity index (χ3v) is 5.67. The normalized spacial score (nSPS) is 14.6. The van der Waals surface area contributed by atoms with Crippen LogP contribution < -0.4 is 9.47 Å². The van der Waals surface area contributed by atoms with Gasteiger partial charge in [-0.1, -0.05) is 0 Å². The molecule has 1 atom stereocenters. The van der Waals surface area contributed by atoms with Crippen LogP contribution in [-0.2, 0) is 27.1 Å². The van der Waals surface area contributed by atoms with Gasteiger partial charge < -0.3 is 23.5 Å². The van der Waals surface area contributed by atoms with Gasteiger partial charge in [-0.15, -0.1) is 0 Å². The van der Waals surface area contributed by atoms with Crippen molar-refractivity contribution in [3.63, 3.8) is 0 Å². The molecule has 0 saturated heterocycles. The fraction of sp³-hybridized carbons (Fsp3) is 0.455. The molecular weight excluding hydrogens is 393 g/mol. The van der Waals surface area contributed by atoms with Crippen LogP contribution in [0.5, 0.6) is 11.5 Å². The van der Waals surface area contributed by atoms with Crippen LogP contribution in [0.2, 0.25) is 0 Å². The number of hydrogen-bond acceptors (Lipinski definition) is 6. The minimum absolute atomic E-state index is 0.0331. The monoisotopic (exact) mass is 419 g/mol. The van der Waals surface area contributed by atoms with Crippen LogP contribution >= 0.6 is 0 Å². The number of hydrogen-bond donors (Lipinski definition) is 0. The van der Waals surface area contributed by atoms with E-state index in [2.05, 4.69) is 0 Å². The predicted octanol–water partition coefficient (Wildman–Crippen LogP) is 3.63. The summed E-state index contributed by atoms with van der Waals surface area (Å²) >= 11 is 0. The Kier molecular flexibility index (Phi) is 6.05. The molecule has 0 saturated carbocycles. The first kappa shape index (κ1) is 21.7. The van der Waals surface area contributed by atoms with Gasteiger partial charge in [-0.25, -0.2) is 9.18 Å². The topological polar surface area (TPSA) is 76.0 Å². The second-order valence-corrected chi connectivity index (χ2v) is 7.24. The minimum Gasteiger partial charge on any atom is -0.493 e. The molecule has 1 aliphatic rings. The molecule has 3 rings (SSSR count). The van der Waals surface area contributed by atoms with Crippen molar-refractivity contribution in [1.82, 2.24) is 4.57 Å². The lowest BCUT2D eigenvalue weighted by molar-refractivity contribution is -0.140. The molecule has 162 valence electrons. The Bertz CT molecular complexity index is 1010. The summed E-state index contributed by atoms with van der Waals surface area (Å²) in [5.74, 6) is -1.09. The van der Waals surface area contributed by atoms with Crippen LogP contribution in [0.4, 0.5) is 4.39 Å². The number of esters is 2. The van der Waals surface area contributed by atoms with Crippen molar-refractivity contribution in [3.05, 3.63) is 34.3 Å². The van der Waals surface area contributed by atoms with Crippen molar-refractivity contribution in [2.24, 2.45) is 0 Å². The minimum atomic E-state index is -0.518. The number of carbonyl (C=O) groups is 2. The van der Waals surface area contributed by atoms with E-state index >= 15 is 4.39 Å². The molecule has 0 amide bonds. The second-order valence-electron chi connectivity index (χ2n) is 7.24. The van der Waals surface area contributed by atoms with Gasteiger partial charge in [0.15, 0.2) is 17.3 Å². The summed E-state index contributed by atoms with van der Waals surface area (Å²) in [7, 11) is 5.46. The number of ether oxygens (including phenoxy) is 4. The number of methoxy groups -OCH3 is 4. The zero-order chi connectivity index (χ0) is 22.2. The van der Waals surface area contributed by atoms with Gasteiger partial charge in [0, 0.05) is 22.9 Å². The molecule has 7 nitrogen and oxygen atoms in total. The Labute approximate surface area is 174 Å². The number of rotatable bonds is 6. The van der Waals surface area contributed by atoms with E-state index in [4.69, 9.17) is 18.9 Å². The van der Waals surface area contributed by atoms with Gasteiger partial charge in [-0.3, -0.25) is 4.79 Å². The molecule has 2 heterocycles. The molecule has 0 bridgehead atoms. The van der Waals surface area contributed by atoms with E-state index in [-0.39, 0.29) is 29.9 Å². The fourth-order valence-corrected chi connectivity index (χ4v) is 4.28. The maximum atomic E-state index is 15.3. The largest absolute Gasteiger partial charge is 0.493 e. The van der Waals surface area contributed by atoms with E-state index in [1.807, 2.05) is 18.4 Å². The number of halogens is 1. The highest BCUT2D eigenvalue weighted by Gasteiger charge is 2.36. The molecule has 1 aliphatic heterocycles. The number of nitrogens with zero attached hydrogens (tertiary/aromatic N) is 1. The van der Waals surface area contributed by atoms with E-state index in [9.17, 15) is 9.59 Å². The lowest BCUT2D eigenvalue weighted by atomic mass is 9.91.